The fraction of sp³-hybridized carbons (Fsp3) is 0.500. The van der Waals surface area contributed by atoms with E-state index in [4.69, 9.17) is 5.11 Å². The number of rotatable bonds is 3. The van der Waals surface area contributed by atoms with Crippen LogP contribution < -0.4 is 0 Å². The predicted octanol–water partition coefficient (Wildman–Crippen LogP) is 2.60. The monoisotopic (exact) mass is 285 g/mol. The summed E-state index contributed by atoms with van der Waals surface area (Å²) in [5.74, 6) is 6.30. The SMILES string of the molecule is CCCC1CCN(C(=O)c2ccc(C)c(C#CCO)c2)C1. The lowest BCUT2D eigenvalue weighted by molar-refractivity contribution is 0.0786. The Hall–Kier alpha value is -1.79. The van der Waals surface area contributed by atoms with Crippen molar-refractivity contribution in [2.24, 2.45) is 5.92 Å². The first kappa shape index (κ1) is 15.6. The molecule has 3 nitrogen and oxygen atoms in total. The van der Waals surface area contributed by atoms with E-state index in [0.29, 0.717) is 11.5 Å². The molecule has 0 bridgehead atoms. The zero-order chi connectivity index (χ0) is 15.2. The van der Waals surface area contributed by atoms with Crippen LogP contribution in [0.15, 0.2) is 18.2 Å². The molecule has 1 aromatic carbocycles. The Bertz CT molecular complexity index is 568. The van der Waals surface area contributed by atoms with Crippen LogP contribution in [0.2, 0.25) is 0 Å². The van der Waals surface area contributed by atoms with Crippen LogP contribution in [-0.4, -0.2) is 35.6 Å². The molecule has 0 aliphatic carbocycles. The maximum Gasteiger partial charge on any atom is 0.253 e. The van der Waals surface area contributed by atoms with Gasteiger partial charge in [0.1, 0.15) is 6.61 Å². The molecule has 2 rings (SSSR count). The van der Waals surface area contributed by atoms with Gasteiger partial charge in [-0.2, -0.15) is 0 Å². The molecule has 3 heteroatoms. The number of hydrogen-bond donors (Lipinski definition) is 1. The molecule has 1 aliphatic heterocycles. The minimum absolute atomic E-state index is 0.0978. The summed E-state index contributed by atoms with van der Waals surface area (Å²) in [6.07, 6.45) is 3.49. The van der Waals surface area contributed by atoms with E-state index in [1.807, 2.05) is 30.0 Å². The Labute approximate surface area is 127 Å². The minimum atomic E-state index is -0.164. The van der Waals surface area contributed by atoms with Crippen molar-refractivity contribution in [1.29, 1.82) is 0 Å². The first-order chi connectivity index (χ1) is 10.2. The van der Waals surface area contributed by atoms with E-state index in [1.165, 1.54) is 12.8 Å². The standard InChI is InChI=1S/C18H23NO2/c1-3-5-15-9-10-19(13-15)18(21)17-8-7-14(2)16(12-17)6-4-11-20/h7-8,12,15,20H,3,5,9-11,13H2,1-2H3. The first-order valence-electron chi connectivity index (χ1n) is 7.65. The van der Waals surface area contributed by atoms with Gasteiger partial charge in [0.05, 0.1) is 0 Å². The summed E-state index contributed by atoms with van der Waals surface area (Å²) >= 11 is 0. The highest BCUT2D eigenvalue weighted by atomic mass is 16.2. The van der Waals surface area contributed by atoms with Gasteiger partial charge in [-0.1, -0.05) is 31.3 Å². The second-order valence-electron chi connectivity index (χ2n) is 5.68. The summed E-state index contributed by atoms with van der Waals surface area (Å²) in [5, 5.41) is 8.80. The molecule has 1 amide bonds. The summed E-state index contributed by atoms with van der Waals surface area (Å²) in [7, 11) is 0. The number of carbonyl (C=O) groups excluding carboxylic acids is 1. The van der Waals surface area contributed by atoms with Gasteiger partial charge in [-0.15, -0.1) is 0 Å². The smallest absolute Gasteiger partial charge is 0.253 e. The number of nitrogens with zero attached hydrogens (tertiary/aromatic N) is 1. The van der Waals surface area contributed by atoms with Crippen LogP contribution in [0.25, 0.3) is 0 Å². The predicted molar refractivity (Wildman–Crippen MR) is 84.1 cm³/mol. The van der Waals surface area contributed by atoms with Crippen molar-refractivity contribution in [3.05, 3.63) is 34.9 Å². The Morgan fingerprint density at radius 2 is 2.29 bits per heavy atom. The number of aryl methyl sites for hydroxylation is 1. The van der Waals surface area contributed by atoms with Gasteiger partial charge in [-0.3, -0.25) is 4.79 Å². The van der Waals surface area contributed by atoms with Gasteiger partial charge in [0.2, 0.25) is 0 Å². The average Bonchev–Trinajstić information content (AvgIpc) is 2.95. The minimum Gasteiger partial charge on any atom is -0.384 e. The van der Waals surface area contributed by atoms with E-state index >= 15 is 0 Å². The second kappa shape index (κ2) is 7.28. The molecule has 1 saturated heterocycles. The Morgan fingerprint density at radius 3 is 3.00 bits per heavy atom. The third-order valence-corrected chi connectivity index (χ3v) is 4.06. The lowest BCUT2D eigenvalue weighted by atomic mass is 10.0. The molecule has 1 atom stereocenters. The Kier molecular flexibility index (Phi) is 5.41. The maximum atomic E-state index is 12.6. The summed E-state index contributed by atoms with van der Waals surface area (Å²) < 4.78 is 0. The van der Waals surface area contributed by atoms with E-state index in [9.17, 15) is 4.79 Å². The van der Waals surface area contributed by atoms with E-state index in [1.54, 1.807) is 0 Å². The fourth-order valence-corrected chi connectivity index (χ4v) is 2.87. The van der Waals surface area contributed by atoms with E-state index in [-0.39, 0.29) is 12.5 Å². The summed E-state index contributed by atoms with van der Waals surface area (Å²) in [5.41, 5.74) is 2.54. The van der Waals surface area contributed by atoms with Gasteiger partial charge < -0.3 is 10.0 Å². The van der Waals surface area contributed by atoms with E-state index < -0.39 is 0 Å². The molecule has 1 N–H and O–H groups in total. The van der Waals surface area contributed by atoms with Crippen LogP contribution in [0.5, 0.6) is 0 Å². The van der Waals surface area contributed by atoms with Crippen molar-refractivity contribution in [1.82, 2.24) is 4.90 Å². The zero-order valence-electron chi connectivity index (χ0n) is 12.9. The molecule has 1 aromatic rings. The summed E-state index contributed by atoms with van der Waals surface area (Å²) in [6.45, 7) is 5.72. The van der Waals surface area contributed by atoms with Crippen molar-refractivity contribution < 1.29 is 9.90 Å². The molecule has 0 radical (unpaired) electrons. The number of aliphatic hydroxyl groups excluding tert-OH is 1. The summed E-state index contributed by atoms with van der Waals surface area (Å²) in [4.78, 5) is 14.5. The molecule has 112 valence electrons. The second-order valence-corrected chi connectivity index (χ2v) is 5.68. The number of amides is 1. The van der Waals surface area contributed by atoms with Gasteiger partial charge in [-0.25, -0.2) is 0 Å². The maximum absolute atomic E-state index is 12.6. The van der Waals surface area contributed by atoms with Gasteiger partial charge in [0, 0.05) is 24.2 Å². The Balaban J connectivity index is 2.13. The zero-order valence-corrected chi connectivity index (χ0v) is 12.9. The van der Waals surface area contributed by atoms with Gasteiger partial charge >= 0.3 is 0 Å². The highest BCUT2D eigenvalue weighted by Gasteiger charge is 2.26. The third-order valence-electron chi connectivity index (χ3n) is 4.06. The van der Waals surface area contributed by atoms with Crippen molar-refractivity contribution in [3.8, 4) is 11.8 Å². The molecule has 0 spiro atoms. The van der Waals surface area contributed by atoms with Crippen molar-refractivity contribution >= 4 is 5.91 Å². The third kappa shape index (κ3) is 3.86. The molecule has 0 aromatic heterocycles. The van der Waals surface area contributed by atoms with Crippen LogP contribution in [0.1, 0.15) is 47.7 Å². The normalized spacial score (nSPS) is 17.5. The average molecular weight is 285 g/mol. The van der Waals surface area contributed by atoms with Crippen molar-refractivity contribution in [2.75, 3.05) is 19.7 Å². The molecule has 21 heavy (non-hydrogen) atoms. The van der Waals surface area contributed by atoms with Crippen LogP contribution in [0.4, 0.5) is 0 Å². The summed E-state index contributed by atoms with van der Waals surface area (Å²) in [6, 6.07) is 5.64. The quantitative estimate of drug-likeness (QED) is 0.867. The molecular weight excluding hydrogens is 262 g/mol. The number of carbonyl (C=O) groups is 1. The molecule has 1 unspecified atom stereocenters. The largest absolute Gasteiger partial charge is 0.384 e. The first-order valence-corrected chi connectivity index (χ1v) is 7.65. The van der Waals surface area contributed by atoms with Gasteiger partial charge in [0.15, 0.2) is 0 Å². The highest BCUT2D eigenvalue weighted by Crippen LogP contribution is 2.23. The lowest BCUT2D eigenvalue weighted by Crippen LogP contribution is -2.28. The van der Waals surface area contributed by atoms with Crippen molar-refractivity contribution in [3.63, 3.8) is 0 Å². The fourth-order valence-electron chi connectivity index (χ4n) is 2.87. The van der Waals surface area contributed by atoms with Gasteiger partial charge in [0.25, 0.3) is 5.91 Å². The number of benzene rings is 1. The Morgan fingerprint density at radius 1 is 1.48 bits per heavy atom. The molecular formula is C18H23NO2. The van der Waals surface area contributed by atoms with Gasteiger partial charge in [-0.05, 0) is 43.4 Å². The molecule has 1 aliphatic rings. The number of hydrogen-bond acceptors (Lipinski definition) is 2. The molecule has 1 heterocycles. The van der Waals surface area contributed by atoms with E-state index in [2.05, 4.69) is 18.8 Å². The van der Waals surface area contributed by atoms with Crippen LogP contribution in [0, 0.1) is 24.7 Å². The highest BCUT2D eigenvalue weighted by molar-refractivity contribution is 5.94. The number of aliphatic hydroxyl groups is 1. The van der Waals surface area contributed by atoms with Crippen molar-refractivity contribution in [2.45, 2.75) is 33.1 Å². The topological polar surface area (TPSA) is 40.5 Å². The van der Waals surface area contributed by atoms with Crippen LogP contribution in [0.3, 0.4) is 0 Å². The number of likely N-dealkylation sites (tertiary alicyclic amines) is 1. The van der Waals surface area contributed by atoms with Crippen LogP contribution >= 0.6 is 0 Å². The lowest BCUT2D eigenvalue weighted by Gasteiger charge is -2.17. The molecule has 1 fully saturated rings. The molecule has 0 saturated carbocycles. The van der Waals surface area contributed by atoms with E-state index in [0.717, 1.165) is 30.6 Å². The van der Waals surface area contributed by atoms with Crippen LogP contribution in [-0.2, 0) is 0 Å².